The highest BCUT2D eigenvalue weighted by Crippen LogP contribution is 2.07. The quantitative estimate of drug-likeness (QED) is 0.869. The number of carbonyl (C=O) groups is 1. The van der Waals surface area contributed by atoms with Crippen molar-refractivity contribution in [2.24, 2.45) is 0 Å². The lowest BCUT2D eigenvalue weighted by molar-refractivity contribution is -0.115. The predicted octanol–water partition coefficient (Wildman–Crippen LogP) is 1.67. The normalized spacial score (nSPS) is 10.2. The van der Waals surface area contributed by atoms with E-state index in [-0.39, 0.29) is 5.91 Å². The van der Waals surface area contributed by atoms with Gasteiger partial charge in [0.2, 0.25) is 11.9 Å². The standard InChI is InChI=1S/C12H14N4O/c1-2-11(17)14-12-15-13-9-16(12)8-10-6-4-3-5-7-10/h3-7,9H,2,8H2,1H3,(H,14,15,17). The average Bonchev–Trinajstić information content (AvgIpc) is 2.78. The van der Waals surface area contributed by atoms with Crippen molar-refractivity contribution in [3.8, 4) is 0 Å². The van der Waals surface area contributed by atoms with Crippen molar-refractivity contribution < 1.29 is 4.79 Å². The number of rotatable bonds is 4. The minimum absolute atomic E-state index is 0.0627. The van der Waals surface area contributed by atoms with Crippen molar-refractivity contribution >= 4 is 11.9 Å². The molecule has 17 heavy (non-hydrogen) atoms. The summed E-state index contributed by atoms with van der Waals surface area (Å²) in [6.07, 6.45) is 2.04. The second kappa shape index (κ2) is 5.25. The van der Waals surface area contributed by atoms with Gasteiger partial charge in [-0.25, -0.2) is 0 Å². The zero-order valence-electron chi connectivity index (χ0n) is 9.63. The molecule has 2 aromatic rings. The second-order valence-corrected chi connectivity index (χ2v) is 3.67. The summed E-state index contributed by atoms with van der Waals surface area (Å²) in [5.74, 6) is 0.424. The Balaban J connectivity index is 2.12. The monoisotopic (exact) mass is 230 g/mol. The van der Waals surface area contributed by atoms with E-state index in [9.17, 15) is 4.79 Å². The Hall–Kier alpha value is -2.17. The van der Waals surface area contributed by atoms with E-state index in [1.807, 2.05) is 34.9 Å². The minimum Gasteiger partial charge on any atom is -0.295 e. The van der Waals surface area contributed by atoms with Gasteiger partial charge >= 0.3 is 0 Å². The van der Waals surface area contributed by atoms with E-state index in [0.29, 0.717) is 18.9 Å². The van der Waals surface area contributed by atoms with Crippen molar-refractivity contribution in [1.29, 1.82) is 0 Å². The number of benzene rings is 1. The molecule has 1 amide bonds. The third-order valence-corrected chi connectivity index (χ3v) is 2.38. The van der Waals surface area contributed by atoms with Gasteiger partial charge in [0.05, 0.1) is 6.54 Å². The van der Waals surface area contributed by atoms with Gasteiger partial charge in [-0.2, -0.15) is 0 Å². The Labute approximate surface area is 99.5 Å². The molecule has 0 spiro atoms. The van der Waals surface area contributed by atoms with Crippen LogP contribution in [0.25, 0.3) is 0 Å². The molecule has 5 heteroatoms. The number of nitrogens with one attached hydrogen (secondary N) is 1. The number of amides is 1. The fourth-order valence-electron chi connectivity index (χ4n) is 1.46. The SMILES string of the molecule is CCC(=O)Nc1nncn1Cc1ccccc1. The number of anilines is 1. The van der Waals surface area contributed by atoms with Gasteiger partial charge in [-0.05, 0) is 5.56 Å². The molecule has 0 fully saturated rings. The molecule has 2 rings (SSSR count). The summed E-state index contributed by atoms with van der Waals surface area (Å²) in [6, 6.07) is 9.96. The van der Waals surface area contributed by atoms with Gasteiger partial charge in [0.25, 0.3) is 0 Å². The van der Waals surface area contributed by atoms with Crippen LogP contribution >= 0.6 is 0 Å². The summed E-state index contributed by atoms with van der Waals surface area (Å²) in [4.78, 5) is 11.3. The van der Waals surface area contributed by atoms with Crippen LogP contribution in [0.1, 0.15) is 18.9 Å². The molecule has 0 aliphatic rings. The van der Waals surface area contributed by atoms with Gasteiger partial charge in [-0.15, -0.1) is 10.2 Å². The number of hydrogen-bond donors (Lipinski definition) is 1. The summed E-state index contributed by atoms with van der Waals surface area (Å²) in [6.45, 7) is 2.44. The van der Waals surface area contributed by atoms with Gasteiger partial charge in [0.15, 0.2) is 0 Å². The van der Waals surface area contributed by atoms with E-state index in [4.69, 9.17) is 0 Å². The molecule has 1 aromatic carbocycles. The fourth-order valence-corrected chi connectivity index (χ4v) is 1.46. The average molecular weight is 230 g/mol. The van der Waals surface area contributed by atoms with E-state index >= 15 is 0 Å². The largest absolute Gasteiger partial charge is 0.295 e. The van der Waals surface area contributed by atoms with Crippen molar-refractivity contribution in [3.63, 3.8) is 0 Å². The lowest BCUT2D eigenvalue weighted by Crippen LogP contribution is -2.14. The molecule has 0 saturated heterocycles. The summed E-state index contributed by atoms with van der Waals surface area (Å²) in [7, 11) is 0. The highest BCUT2D eigenvalue weighted by molar-refractivity contribution is 5.88. The molecule has 0 aliphatic heterocycles. The maximum atomic E-state index is 11.3. The first-order valence-corrected chi connectivity index (χ1v) is 5.51. The molecule has 0 aliphatic carbocycles. The van der Waals surface area contributed by atoms with Crippen molar-refractivity contribution in [1.82, 2.24) is 14.8 Å². The smallest absolute Gasteiger partial charge is 0.231 e. The summed E-state index contributed by atoms with van der Waals surface area (Å²) in [5.41, 5.74) is 1.14. The predicted molar refractivity (Wildman–Crippen MR) is 64.5 cm³/mol. The highest BCUT2D eigenvalue weighted by Gasteiger charge is 2.07. The van der Waals surface area contributed by atoms with Crippen molar-refractivity contribution in [2.45, 2.75) is 19.9 Å². The second-order valence-electron chi connectivity index (χ2n) is 3.67. The van der Waals surface area contributed by atoms with E-state index in [2.05, 4.69) is 15.5 Å². The van der Waals surface area contributed by atoms with Crippen LogP contribution in [0.4, 0.5) is 5.95 Å². The molecule has 0 saturated carbocycles. The van der Waals surface area contributed by atoms with Crippen LogP contribution < -0.4 is 5.32 Å². The van der Waals surface area contributed by atoms with Crippen LogP contribution in [0.5, 0.6) is 0 Å². The van der Waals surface area contributed by atoms with Crippen LogP contribution in [-0.4, -0.2) is 20.7 Å². The van der Waals surface area contributed by atoms with E-state index < -0.39 is 0 Å². The zero-order valence-corrected chi connectivity index (χ0v) is 9.63. The molecular formula is C12H14N4O. The van der Waals surface area contributed by atoms with Crippen molar-refractivity contribution in [2.75, 3.05) is 5.32 Å². The third kappa shape index (κ3) is 2.90. The van der Waals surface area contributed by atoms with Crippen LogP contribution in [0.15, 0.2) is 36.7 Å². The fraction of sp³-hybridized carbons (Fsp3) is 0.250. The van der Waals surface area contributed by atoms with E-state index in [0.717, 1.165) is 5.56 Å². The molecule has 0 radical (unpaired) electrons. The third-order valence-electron chi connectivity index (χ3n) is 2.38. The number of carbonyl (C=O) groups excluding carboxylic acids is 1. The Bertz CT molecular complexity index is 492. The molecule has 1 heterocycles. The summed E-state index contributed by atoms with van der Waals surface area (Å²) in [5, 5.41) is 10.4. The maximum absolute atomic E-state index is 11.3. The van der Waals surface area contributed by atoms with Crippen LogP contribution in [0, 0.1) is 0 Å². The molecule has 88 valence electrons. The van der Waals surface area contributed by atoms with Crippen LogP contribution in [0.2, 0.25) is 0 Å². The molecule has 5 nitrogen and oxygen atoms in total. The highest BCUT2D eigenvalue weighted by atomic mass is 16.1. The van der Waals surface area contributed by atoms with Gasteiger partial charge in [0, 0.05) is 6.42 Å². The lowest BCUT2D eigenvalue weighted by atomic mass is 10.2. The van der Waals surface area contributed by atoms with Gasteiger partial charge in [0.1, 0.15) is 6.33 Å². The lowest BCUT2D eigenvalue weighted by Gasteiger charge is -2.06. The van der Waals surface area contributed by atoms with Gasteiger partial charge in [-0.1, -0.05) is 37.3 Å². The molecule has 1 N–H and O–H groups in total. The number of aromatic nitrogens is 3. The maximum Gasteiger partial charge on any atom is 0.231 e. The first-order chi connectivity index (χ1) is 8.29. The Kier molecular flexibility index (Phi) is 3.49. The first kappa shape index (κ1) is 11.3. The van der Waals surface area contributed by atoms with Crippen LogP contribution in [0.3, 0.4) is 0 Å². The molecule has 0 unspecified atom stereocenters. The topological polar surface area (TPSA) is 59.8 Å². The number of hydrogen-bond acceptors (Lipinski definition) is 3. The van der Waals surface area contributed by atoms with Gasteiger partial charge < -0.3 is 0 Å². The molecular weight excluding hydrogens is 216 g/mol. The molecule has 0 bridgehead atoms. The van der Waals surface area contributed by atoms with E-state index in [1.54, 1.807) is 13.3 Å². The Morgan fingerprint density at radius 1 is 1.35 bits per heavy atom. The van der Waals surface area contributed by atoms with Crippen LogP contribution in [-0.2, 0) is 11.3 Å². The summed E-state index contributed by atoms with van der Waals surface area (Å²) >= 11 is 0. The summed E-state index contributed by atoms with van der Waals surface area (Å²) < 4.78 is 1.81. The number of nitrogens with zero attached hydrogens (tertiary/aromatic N) is 3. The molecule has 0 atom stereocenters. The minimum atomic E-state index is -0.0627. The van der Waals surface area contributed by atoms with Gasteiger partial charge in [-0.3, -0.25) is 14.7 Å². The molecule has 1 aromatic heterocycles. The Morgan fingerprint density at radius 3 is 2.82 bits per heavy atom. The van der Waals surface area contributed by atoms with Crippen molar-refractivity contribution in [3.05, 3.63) is 42.2 Å². The zero-order chi connectivity index (χ0) is 12.1. The first-order valence-electron chi connectivity index (χ1n) is 5.51. The van der Waals surface area contributed by atoms with E-state index in [1.165, 1.54) is 0 Å². The Morgan fingerprint density at radius 2 is 2.12 bits per heavy atom.